The Morgan fingerprint density at radius 3 is 2.47 bits per heavy atom. The Labute approximate surface area is 117 Å². The van der Waals surface area contributed by atoms with Crippen molar-refractivity contribution in [3.05, 3.63) is 71.6 Å². The van der Waals surface area contributed by atoms with Crippen molar-refractivity contribution in [1.29, 1.82) is 0 Å². The Morgan fingerprint density at radius 2 is 1.74 bits per heavy atom. The summed E-state index contributed by atoms with van der Waals surface area (Å²) in [4.78, 5) is 12.8. The van der Waals surface area contributed by atoms with Gasteiger partial charge in [0.05, 0.1) is 0 Å². The molecule has 0 bridgehead atoms. The van der Waals surface area contributed by atoms with Crippen LogP contribution in [0, 0.1) is 6.92 Å². The second-order valence-corrected chi connectivity index (χ2v) is 4.99. The summed E-state index contributed by atoms with van der Waals surface area (Å²) in [7, 11) is 0. The van der Waals surface area contributed by atoms with Crippen LogP contribution < -0.4 is 5.32 Å². The lowest BCUT2D eigenvalue weighted by atomic mass is 10.2. The maximum atomic E-state index is 11.7. The molecule has 0 aliphatic carbocycles. The number of aryl methyl sites for hydroxylation is 1. The van der Waals surface area contributed by atoms with Crippen molar-refractivity contribution < 1.29 is 4.79 Å². The summed E-state index contributed by atoms with van der Waals surface area (Å²) in [6.45, 7) is 2.06. The van der Waals surface area contributed by atoms with Gasteiger partial charge in [0, 0.05) is 16.7 Å². The Morgan fingerprint density at radius 1 is 1.05 bits per heavy atom. The molecule has 0 aliphatic rings. The highest BCUT2D eigenvalue weighted by Crippen LogP contribution is 2.22. The van der Waals surface area contributed by atoms with Gasteiger partial charge in [0.25, 0.3) is 0 Å². The first-order valence-electron chi connectivity index (χ1n) is 6.00. The fourth-order valence-corrected chi connectivity index (χ4v) is 2.31. The smallest absolute Gasteiger partial charge is 0.248 e. The predicted molar refractivity (Wildman–Crippen MR) is 81.2 cm³/mol. The number of amides is 1. The number of hydrogen-bond acceptors (Lipinski definition) is 2. The number of thioether (sulfide) groups is 1. The van der Waals surface area contributed by atoms with Crippen molar-refractivity contribution in [2.75, 3.05) is 5.32 Å². The second kappa shape index (κ2) is 6.81. The molecular weight excluding hydrogens is 254 g/mol. The molecule has 0 unspecified atom stereocenters. The molecule has 2 nitrogen and oxygen atoms in total. The van der Waals surface area contributed by atoms with E-state index in [9.17, 15) is 4.79 Å². The third-order valence-electron chi connectivity index (χ3n) is 2.55. The second-order valence-electron chi connectivity index (χ2n) is 4.04. The quantitative estimate of drug-likeness (QED) is 0.664. The number of hydrogen-bond donors (Lipinski definition) is 1. The number of rotatable bonds is 4. The van der Waals surface area contributed by atoms with Crippen molar-refractivity contribution in [3.8, 4) is 0 Å². The predicted octanol–water partition coefficient (Wildman–Crippen LogP) is 4.24. The van der Waals surface area contributed by atoms with Crippen LogP contribution >= 0.6 is 11.8 Å². The third kappa shape index (κ3) is 4.30. The zero-order chi connectivity index (χ0) is 13.5. The molecule has 2 aromatic rings. The van der Waals surface area contributed by atoms with E-state index in [0.29, 0.717) is 0 Å². The Balaban J connectivity index is 1.89. The van der Waals surface area contributed by atoms with Gasteiger partial charge in [-0.15, -0.1) is 0 Å². The monoisotopic (exact) mass is 269 g/mol. The molecule has 0 atom stereocenters. The average Bonchev–Trinajstić information content (AvgIpc) is 2.42. The number of para-hydroxylation sites is 1. The lowest BCUT2D eigenvalue weighted by Gasteiger charge is -2.02. The van der Waals surface area contributed by atoms with E-state index in [2.05, 4.69) is 18.3 Å². The zero-order valence-electron chi connectivity index (χ0n) is 10.7. The summed E-state index contributed by atoms with van der Waals surface area (Å²) < 4.78 is 0. The minimum atomic E-state index is -0.118. The Bertz CT molecular complexity index is 578. The molecule has 0 saturated carbocycles. The first-order valence-corrected chi connectivity index (χ1v) is 6.88. The normalized spacial score (nSPS) is 10.6. The van der Waals surface area contributed by atoms with Crippen molar-refractivity contribution in [2.24, 2.45) is 0 Å². The number of carbonyl (C=O) groups excluding carboxylic acids is 1. The maximum absolute atomic E-state index is 11.7. The van der Waals surface area contributed by atoms with Crippen LogP contribution in [0.3, 0.4) is 0 Å². The van der Waals surface area contributed by atoms with Crippen LogP contribution in [0.5, 0.6) is 0 Å². The number of benzene rings is 2. The third-order valence-corrected chi connectivity index (χ3v) is 3.53. The average molecular weight is 269 g/mol. The summed E-state index contributed by atoms with van der Waals surface area (Å²) in [6.07, 6.45) is 1.55. The van der Waals surface area contributed by atoms with Crippen molar-refractivity contribution >= 4 is 23.4 Å². The van der Waals surface area contributed by atoms with Crippen molar-refractivity contribution in [3.63, 3.8) is 0 Å². The molecular formula is C16H15NOS. The van der Waals surface area contributed by atoms with Gasteiger partial charge in [0.15, 0.2) is 0 Å². The molecule has 0 fully saturated rings. The van der Waals surface area contributed by atoms with Gasteiger partial charge in [-0.25, -0.2) is 0 Å². The first kappa shape index (κ1) is 13.4. The zero-order valence-corrected chi connectivity index (χ0v) is 11.5. The first-order chi connectivity index (χ1) is 9.25. The molecule has 3 heteroatoms. The fourth-order valence-electron chi connectivity index (χ4n) is 1.56. The van der Waals surface area contributed by atoms with Crippen LogP contribution in [0.4, 0.5) is 5.69 Å². The molecule has 0 aliphatic heterocycles. The van der Waals surface area contributed by atoms with Gasteiger partial charge in [-0.1, -0.05) is 48.2 Å². The van der Waals surface area contributed by atoms with E-state index in [1.807, 2.05) is 48.5 Å². The van der Waals surface area contributed by atoms with Crippen LogP contribution in [0.15, 0.2) is 71.0 Å². The molecule has 2 rings (SSSR count). The Hall–Kier alpha value is -2.00. The maximum Gasteiger partial charge on any atom is 0.248 e. The minimum Gasteiger partial charge on any atom is -0.322 e. The standard InChI is InChI=1S/C16H15NOS/c1-13-7-5-6-10-15(13)19-12-11-16(18)17-14-8-3-2-4-9-14/h2-12H,1H3,(H,17,18)/b12-11+. The lowest BCUT2D eigenvalue weighted by Crippen LogP contribution is -2.07. The van der Waals surface area contributed by atoms with Gasteiger partial charge in [-0.2, -0.15) is 0 Å². The van der Waals surface area contributed by atoms with Crippen LogP contribution in [0.1, 0.15) is 5.56 Å². The summed E-state index contributed by atoms with van der Waals surface area (Å²) >= 11 is 1.54. The van der Waals surface area contributed by atoms with Gasteiger partial charge in [0.1, 0.15) is 0 Å². The Kier molecular flexibility index (Phi) is 4.81. The van der Waals surface area contributed by atoms with Crippen LogP contribution in [0.2, 0.25) is 0 Å². The SMILES string of the molecule is Cc1ccccc1S/C=C/C(=O)Nc1ccccc1. The molecule has 2 aromatic carbocycles. The molecule has 1 N–H and O–H groups in total. The van der Waals surface area contributed by atoms with Crippen molar-refractivity contribution in [2.45, 2.75) is 11.8 Å². The highest BCUT2D eigenvalue weighted by molar-refractivity contribution is 8.02. The van der Waals surface area contributed by atoms with Gasteiger partial charge >= 0.3 is 0 Å². The van der Waals surface area contributed by atoms with Gasteiger partial charge < -0.3 is 5.32 Å². The number of carbonyl (C=O) groups is 1. The largest absolute Gasteiger partial charge is 0.322 e. The highest BCUT2D eigenvalue weighted by Gasteiger charge is 1.97. The van der Waals surface area contributed by atoms with E-state index in [1.165, 1.54) is 5.56 Å². The number of anilines is 1. The summed E-state index contributed by atoms with van der Waals surface area (Å²) in [5, 5.41) is 4.61. The van der Waals surface area contributed by atoms with E-state index < -0.39 is 0 Å². The molecule has 1 amide bonds. The molecule has 0 aromatic heterocycles. The molecule has 0 spiro atoms. The molecule has 96 valence electrons. The topological polar surface area (TPSA) is 29.1 Å². The van der Waals surface area contributed by atoms with Crippen LogP contribution in [-0.4, -0.2) is 5.91 Å². The van der Waals surface area contributed by atoms with E-state index in [1.54, 1.807) is 23.2 Å². The van der Waals surface area contributed by atoms with Gasteiger partial charge in [-0.05, 0) is 36.1 Å². The molecule has 0 heterocycles. The van der Waals surface area contributed by atoms with E-state index >= 15 is 0 Å². The molecule has 0 saturated heterocycles. The fraction of sp³-hybridized carbons (Fsp3) is 0.0625. The summed E-state index contributed by atoms with van der Waals surface area (Å²) in [5.74, 6) is -0.118. The highest BCUT2D eigenvalue weighted by atomic mass is 32.2. The van der Waals surface area contributed by atoms with Crippen LogP contribution in [-0.2, 0) is 4.79 Å². The molecule has 0 radical (unpaired) electrons. The van der Waals surface area contributed by atoms with E-state index in [4.69, 9.17) is 0 Å². The van der Waals surface area contributed by atoms with Gasteiger partial charge in [-0.3, -0.25) is 4.79 Å². The molecule has 19 heavy (non-hydrogen) atoms. The lowest BCUT2D eigenvalue weighted by molar-refractivity contribution is -0.111. The summed E-state index contributed by atoms with van der Waals surface area (Å²) in [6, 6.07) is 17.5. The van der Waals surface area contributed by atoms with Crippen LogP contribution in [0.25, 0.3) is 0 Å². The van der Waals surface area contributed by atoms with Crippen molar-refractivity contribution in [1.82, 2.24) is 0 Å². The minimum absolute atomic E-state index is 0.118. The number of nitrogens with one attached hydrogen (secondary N) is 1. The summed E-state index contributed by atoms with van der Waals surface area (Å²) in [5.41, 5.74) is 2.01. The van der Waals surface area contributed by atoms with E-state index in [-0.39, 0.29) is 5.91 Å². The van der Waals surface area contributed by atoms with Gasteiger partial charge in [0.2, 0.25) is 5.91 Å². The van der Waals surface area contributed by atoms with E-state index in [0.717, 1.165) is 10.6 Å².